The molecule has 0 bridgehead atoms. The van der Waals surface area contributed by atoms with E-state index in [1.54, 1.807) is 26.0 Å². The summed E-state index contributed by atoms with van der Waals surface area (Å²) >= 11 is 0. The summed E-state index contributed by atoms with van der Waals surface area (Å²) in [6.07, 6.45) is 5.39. The fourth-order valence-corrected chi connectivity index (χ4v) is 3.24. The van der Waals surface area contributed by atoms with Gasteiger partial charge in [0.1, 0.15) is 5.76 Å². The van der Waals surface area contributed by atoms with Gasteiger partial charge >= 0.3 is 5.91 Å². The van der Waals surface area contributed by atoms with Crippen LogP contribution in [0.3, 0.4) is 0 Å². The minimum Gasteiger partial charge on any atom is -0.456 e. The van der Waals surface area contributed by atoms with Crippen molar-refractivity contribution in [2.75, 3.05) is 5.32 Å². The monoisotopic (exact) mass is 367 g/mol. The first-order chi connectivity index (χ1) is 13.0. The summed E-state index contributed by atoms with van der Waals surface area (Å²) in [5.41, 5.74) is 4.70. The van der Waals surface area contributed by atoms with Gasteiger partial charge in [0.25, 0.3) is 0 Å². The first-order valence-electron chi connectivity index (χ1n) is 9.35. The number of aryl methyl sites for hydroxylation is 1. The number of hydrogen-bond donors (Lipinski definition) is 2. The molecule has 142 valence electrons. The Morgan fingerprint density at radius 3 is 2.59 bits per heavy atom. The predicted octanol–water partition coefficient (Wildman–Crippen LogP) is 4.26. The summed E-state index contributed by atoms with van der Waals surface area (Å²) < 4.78 is 5.27. The van der Waals surface area contributed by atoms with Crippen molar-refractivity contribution >= 4 is 23.2 Å². The molecule has 6 nitrogen and oxygen atoms in total. The lowest BCUT2D eigenvalue weighted by atomic mass is 9.88. The van der Waals surface area contributed by atoms with Gasteiger partial charge in [0.2, 0.25) is 5.91 Å². The Labute approximate surface area is 159 Å². The maximum Gasteiger partial charge on any atom is 0.307 e. The third-order valence-electron chi connectivity index (χ3n) is 4.81. The number of hydrazone groups is 1. The molecule has 0 unspecified atom stereocenters. The lowest BCUT2D eigenvalue weighted by molar-refractivity contribution is -0.120. The highest BCUT2D eigenvalue weighted by Gasteiger charge is 2.21. The number of furan rings is 1. The fraction of sp³-hybridized carbons (Fsp3) is 0.381. The van der Waals surface area contributed by atoms with Gasteiger partial charge in [-0.2, -0.15) is 5.10 Å². The third kappa shape index (κ3) is 5.06. The van der Waals surface area contributed by atoms with Crippen LogP contribution in [0.25, 0.3) is 0 Å². The molecule has 1 aliphatic rings. The van der Waals surface area contributed by atoms with Crippen molar-refractivity contribution in [1.82, 2.24) is 5.43 Å². The number of nitrogens with one attached hydrogen (secondary N) is 2. The van der Waals surface area contributed by atoms with Gasteiger partial charge in [0, 0.05) is 11.6 Å². The highest BCUT2D eigenvalue weighted by atomic mass is 16.3. The molecule has 0 radical (unpaired) electrons. The highest BCUT2D eigenvalue weighted by molar-refractivity contribution is 6.02. The summed E-state index contributed by atoms with van der Waals surface area (Å²) in [4.78, 5) is 24.4. The number of rotatable bonds is 5. The molecule has 0 aliphatic heterocycles. The first kappa shape index (κ1) is 18.9. The topological polar surface area (TPSA) is 83.7 Å². The molecule has 1 aliphatic carbocycles. The van der Waals surface area contributed by atoms with Crippen LogP contribution in [0.4, 0.5) is 5.69 Å². The van der Waals surface area contributed by atoms with Gasteiger partial charge in [-0.15, -0.1) is 0 Å². The van der Waals surface area contributed by atoms with Crippen LogP contribution >= 0.6 is 0 Å². The zero-order valence-corrected chi connectivity index (χ0v) is 15.7. The van der Waals surface area contributed by atoms with E-state index in [0.29, 0.717) is 11.5 Å². The van der Waals surface area contributed by atoms with Gasteiger partial charge in [-0.25, -0.2) is 5.43 Å². The van der Waals surface area contributed by atoms with Crippen LogP contribution in [0.1, 0.15) is 60.9 Å². The summed E-state index contributed by atoms with van der Waals surface area (Å²) in [6, 6.07) is 10.8. The van der Waals surface area contributed by atoms with E-state index in [-0.39, 0.29) is 17.6 Å². The number of carbonyl (C=O) groups excluding carboxylic acids is 2. The van der Waals surface area contributed by atoms with Gasteiger partial charge in [0.05, 0.1) is 5.71 Å². The highest BCUT2D eigenvalue weighted by Crippen LogP contribution is 2.25. The van der Waals surface area contributed by atoms with Crippen LogP contribution in [0.5, 0.6) is 0 Å². The number of benzene rings is 1. The minimum atomic E-state index is -0.399. The third-order valence-corrected chi connectivity index (χ3v) is 4.81. The molecule has 27 heavy (non-hydrogen) atoms. The Hall–Kier alpha value is -2.89. The smallest absolute Gasteiger partial charge is 0.307 e. The van der Waals surface area contributed by atoms with E-state index < -0.39 is 5.91 Å². The Morgan fingerprint density at radius 2 is 1.89 bits per heavy atom. The van der Waals surface area contributed by atoms with Crippen molar-refractivity contribution < 1.29 is 14.0 Å². The zero-order valence-electron chi connectivity index (χ0n) is 15.7. The summed E-state index contributed by atoms with van der Waals surface area (Å²) in [7, 11) is 0. The average Bonchev–Trinajstić information content (AvgIpc) is 3.13. The zero-order chi connectivity index (χ0) is 19.2. The molecular weight excluding hydrogens is 342 g/mol. The molecule has 3 rings (SSSR count). The molecule has 0 saturated heterocycles. The van der Waals surface area contributed by atoms with Gasteiger partial charge in [0.15, 0.2) is 5.76 Å². The molecule has 1 heterocycles. The van der Waals surface area contributed by atoms with Crippen molar-refractivity contribution in [2.24, 2.45) is 11.0 Å². The quantitative estimate of drug-likeness (QED) is 0.612. The van der Waals surface area contributed by atoms with E-state index in [1.807, 2.05) is 24.3 Å². The van der Waals surface area contributed by atoms with E-state index >= 15 is 0 Å². The standard InChI is InChI=1S/C21H25N3O3/c1-14-11-12-19(27-14)21(26)24-23-15(2)17-9-6-10-18(13-17)22-20(25)16-7-4-3-5-8-16/h6,9-13,16H,3-5,7-8H2,1-2H3,(H,22,25)(H,24,26). The lowest BCUT2D eigenvalue weighted by Crippen LogP contribution is -2.24. The molecule has 2 aromatic rings. The van der Waals surface area contributed by atoms with Crippen molar-refractivity contribution in [1.29, 1.82) is 0 Å². The summed E-state index contributed by atoms with van der Waals surface area (Å²) in [5, 5.41) is 7.14. The molecular formula is C21H25N3O3. The molecule has 0 spiro atoms. The van der Waals surface area contributed by atoms with Crippen LogP contribution in [0.15, 0.2) is 45.9 Å². The number of anilines is 1. The number of carbonyl (C=O) groups is 2. The second-order valence-electron chi connectivity index (χ2n) is 6.95. The SMILES string of the molecule is CC(=NNC(=O)c1ccc(C)o1)c1cccc(NC(=O)C2CCCCC2)c1. The van der Waals surface area contributed by atoms with Gasteiger partial charge in [-0.1, -0.05) is 31.4 Å². The van der Waals surface area contributed by atoms with E-state index in [0.717, 1.165) is 36.9 Å². The van der Waals surface area contributed by atoms with Crippen LogP contribution in [-0.4, -0.2) is 17.5 Å². The number of nitrogens with zero attached hydrogens (tertiary/aromatic N) is 1. The summed E-state index contributed by atoms with van der Waals surface area (Å²) in [6.45, 7) is 3.58. The molecule has 1 aromatic heterocycles. The lowest BCUT2D eigenvalue weighted by Gasteiger charge is -2.20. The van der Waals surface area contributed by atoms with E-state index in [9.17, 15) is 9.59 Å². The number of amides is 2. The van der Waals surface area contributed by atoms with Crippen molar-refractivity contribution in [3.63, 3.8) is 0 Å². The molecule has 1 aromatic carbocycles. The number of hydrogen-bond acceptors (Lipinski definition) is 4. The molecule has 2 amide bonds. The van der Waals surface area contributed by atoms with Gasteiger partial charge in [-0.05, 0) is 56.5 Å². The van der Waals surface area contributed by atoms with Crippen molar-refractivity contribution in [2.45, 2.75) is 46.0 Å². The second-order valence-corrected chi connectivity index (χ2v) is 6.95. The van der Waals surface area contributed by atoms with E-state index in [1.165, 1.54) is 6.42 Å². The fourth-order valence-electron chi connectivity index (χ4n) is 3.24. The minimum absolute atomic E-state index is 0.0860. The van der Waals surface area contributed by atoms with E-state index in [4.69, 9.17) is 4.42 Å². The van der Waals surface area contributed by atoms with E-state index in [2.05, 4.69) is 15.8 Å². The molecule has 2 N–H and O–H groups in total. The normalized spacial score (nSPS) is 15.4. The molecule has 1 saturated carbocycles. The maximum absolute atomic E-state index is 12.4. The second kappa shape index (κ2) is 8.66. The summed E-state index contributed by atoms with van der Waals surface area (Å²) in [5.74, 6) is 0.681. The predicted molar refractivity (Wildman–Crippen MR) is 105 cm³/mol. The van der Waals surface area contributed by atoms with Crippen LogP contribution in [0, 0.1) is 12.8 Å². The molecule has 1 fully saturated rings. The first-order valence-corrected chi connectivity index (χ1v) is 9.35. The Balaban J connectivity index is 1.63. The van der Waals surface area contributed by atoms with Gasteiger partial charge < -0.3 is 9.73 Å². The Bertz CT molecular complexity index is 848. The van der Waals surface area contributed by atoms with Crippen molar-refractivity contribution in [3.8, 4) is 0 Å². The van der Waals surface area contributed by atoms with Crippen LogP contribution in [0.2, 0.25) is 0 Å². The van der Waals surface area contributed by atoms with Crippen LogP contribution in [-0.2, 0) is 4.79 Å². The Kier molecular flexibility index (Phi) is 6.06. The Morgan fingerprint density at radius 1 is 1.11 bits per heavy atom. The van der Waals surface area contributed by atoms with Crippen LogP contribution < -0.4 is 10.7 Å². The average molecular weight is 367 g/mol. The maximum atomic E-state index is 12.4. The largest absolute Gasteiger partial charge is 0.456 e. The molecule has 6 heteroatoms. The molecule has 0 atom stereocenters. The van der Waals surface area contributed by atoms with Gasteiger partial charge in [-0.3, -0.25) is 9.59 Å². The van der Waals surface area contributed by atoms with Crippen molar-refractivity contribution in [3.05, 3.63) is 53.5 Å².